The Labute approximate surface area is 427 Å². The SMILES string of the molecule is CC/C=C\C/C=C\C/C=C\C/C=C\C/C=C\CCCC(=O)O[C@H](COC(=O)CCCCCCCCCCCCC/C=C\CCCCCCCC)COC(=O)CCCCCCCCCCCCCCC. The molecule has 0 aliphatic heterocycles. The minimum Gasteiger partial charge on any atom is -0.462 e. The number of carbonyl (C=O) groups is 3. The average Bonchev–Trinajstić information content (AvgIpc) is 3.35. The molecular weight excluding hydrogens is 853 g/mol. The maximum atomic E-state index is 12.8. The maximum Gasteiger partial charge on any atom is 0.306 e. The number of rotatable bonds is 53. The third-order valence-electron chi connectivity index (χ3n) is 12.7. The summed E-state index contributed by atoms with van der Waals surface area (Å²) in [5.74, 6) is -0.945. The summed E-state index contributed by atoms with van der Waals surface area (Å²) in [4.78, 5) is 38.1. The van der Waals surface area contributed by atoms with E-state index in [-0.39, 0.29) is 37.5 Å². The molecule has 0 spiro atoms. The molecule has 0 saturated heterocycles. The molecule has 0 radical (unpaired) electrons. The first-order valence-electron chi connectivity index (χ1n) is 29.4. The van der Waals surface area contributed by atoms with E-state index in [0.717, 1.165) is 77.0 Å². The van der Waals surface area contributed by atoms with Gasteiger partial charge in [-0.3, -0.25) is 14.4 Å². The molecule has 0 saturated carbocycles. The first-order valence-corrected chi connectivity index (χ1v) is 29.4. The minimum absolute atomic E-state index is 0.0955. The molecule has 0 amide bonds. The van der Waals surface area contributed by atoms with Crippen LogP contribution in [-0.2, 0) is 28.6 Å². The third-order valence-corrected chi connectivity index (χ3v) is 12.7. The minimum atomic E-state index is -0.803. The zero-order valence-corrected chi connectivity index (χ0v) is 45.6. The van der Waals surface area contributed by atoms with Crippen LogP contribution in [0.25, 0.3) is 0 Å². The molecule has 1 atom stereocenters. The predicted octanol–water partition coefficient (Wildman–Crippen LogP) is 19.8. The molecule has 0 unspecified atom stereocenters. The van der Waals surface area contributed by atoms with E-state index in [1.165, 1.54) is 167 Å². The lowest BCUT2D eigenvalue weighted by atomic mass is 10.0. The molecule has 0 rings (SSSR count). The lowest BCUT2D eigenvalue weighted by Crippen LogP contribution is -2.30. The van der Waals surface area contributed by atoms with E-state index in [1.807, 2.05) is 0 Å². The number of ether oxygens (including phenoxy) is 3. The molecule has 398 valence electrons. The van der Waals surface area contributed by atoms with Crippen LogP contribution in [0.15, 0.2) is 72.9 Å². The van der Waals surface area contributed by atoms with Crippen LogP contribution in [-0.4, -0.2) is 37.2 Å². The Morgan fingerprint density at radius 2 is 0.580 bits per heavy atom. The van der Waals surface area contributed by atoms with Gasteiger partial charge in [0.05, 0.1) is 0 Å². The van der Waals surface area contributed by atoms with Gasteiger partial charge in [0, 0.05) is 19.3 Å². The Morgan fingerprint density at radius 1 is 0.304 bits per heavy atom. The van der Waals surface area contributed by atoms with Gasteiger partial charge in [0.1, 0.15) is 13.2 Å². The van der Waals surface area contributed by atoms with Crippen LogP contribution < -0.4 is 0 Å². The van der Waals surface area contributed by atoms with Gasteiger partial charge >= 0.3 is 17.9 Å². The van der Waals surface area contributed by atoms with Gasteiger partial charge in [-0.15, -0.1) is 0 Å². The standard InChI is InChI=1S/C63H110O6/c1-4-7-10-13-16-19-22-25-27-29-30-31-32-34-35-38-41-44-47-50-53-56-62(65)68-59-60(58-67-61(64)55-52-49-46-43-40-37-24-21-18-15-12-9-6-3)69-63(66)57-54-51-48-45-42-39-36-33-28-26-23-20-17-14-11-8-5-2/h8,11,17,20,25-28,36,39,45,48,60H,4-7,9-10,12-16,18-19,21-24,29-35,37-38,40-44,46-47,49-59H2,1-3H3/b11-8-,20-17-,27-25-,28-26-,39-36-,48-45-/t60-/m0/s1. The van der Waals surface area contributed by atoms with Gasteiger partial charge in [-0.05, 0) is 83.5 Å². The highest BCUT2D eigenvalue weighted by Gasteiger charge is 2.19. The number of hydrogen-bond acceptors (Lipinski definition) is 6. The van der Waals surface area contributed by atoms with Crippen LogP contribution in [0, 0.1) is 0 Å². The molecule has 0 aliphatic rings. The molecule has 6 nitrogen and oxygen atoms in total. The van der Waals surface area contributed by atoms with Gasteiger partial charge in [-0.1, -0.05) is 261 Å². The molecular formula is C63H110O6. The second kappa shape index (κ2) is 57.4. The molecule has 0 aliphatic carbocycles. The number of carbonyl (C=O) groups excluding carboxylic acids is 3. The summed E-state index contributed by atoms with van der Waals surface area (Å²) < 4.78 is 16.8. The smallest absolute Gasteiger partial charge is 0.306 e. The summed E-state index contributed by atoms with van der Waals surface area (Å²) in [6.45, 7) is 6.50. The second-order valence-corrected chi connectivity index (χ2v) is 19.5. The van der Waals surface area contributed by atoms with Crippen LogP contribution in [0.1, 0.15) is 290 Å². The monoisotopic (exact) mass is 963 g/mol. The topological polar surface area (TPSA) is 78.9 Å². The molecule has 0 fully saturated rings. The fraction of sp³-hybridized carbons (Fsp3) is 0.762. The average molecular weight is 964 g/mol. The first kappa shape index (κ1) is 65.8. The van der Waals surface area contributed by atoms with E-state index >= 15 is 0 Å². The predicted molar refractivity (Wildman–Crippen MR) is 298 cm³/mol. The van der Waals surface area contributed by atoms with Crippen molar-refractivity contribution in [2.24, 2.45) is 0 Å². The number of unbranched alkanes of at least 4 members (excludes halogenated alkanes) is 30. The largest absolute Gasteiger partial charge is 0.462 e. The zero-order valence-electron chi connectivity index (χ0n) is 45.6. The van der Waals surface area contributed by atoms with Gasteiger partial charge < -0.3 is 14.2 Å². The van der Waals surface area contributed by atoms with Crippen molar-refractivity contribution < 1.29 is 28.6 Å². The van der Waals surface area contributed by atoms with Gasteiger partial charge in [0.25, 0.3) is 0 Å². The van der Waals surface area contributed by atoms with Crippen LogP contribution >= 0.6 is 0 Å². The second-order valence-electron chi connectivity index (χ2n) is 19.5. The zero-order chi connectivity index (χ0) is 50.0. The van der Waals surface area contributed by atoms with Gasteiger partial charge in [-0.25, -0.2) is 0 Å². The molecule has 0 aromatic rings. The van der Waals surface area contributed by atoms with Crippen molar-refractivity contribution in [3.8, 4) is 0 Å². The van der Waals surface area contributed by atoms with Crippen molar-refractivity contribution in [1.82, 2.24) is 0 Å². The Balaban J connectivity index is 4.40. The fourth-order valence-corrected chi connectivity index (χ4v) is 8.30. The molecule has 6 heteroatoms. The van der Waals surface area contributed by atoms with E-state index < -0.39 is 6.10 Å². The number of esters is 3. The third kappa shape index (κ3) is 55.6. The molecule has 69 heavy (non-hydrogen) atoms. The van der Waals surface area contributed by atoms with E-state index in [4.69, 9.17) is 14.2 Å². The van der Waals surface area contributed by atoms with Crippen LogP contribution in [0.4, 0.5) is 0 Å². The summed E-state index contributed by atoms with van der Waals surface area (Å²) >= 11 is 0. The Kier molecular flexibility index (Phi) is 54.8. The van der Waals surface area contributed by atoms with Crippen molar-refractivity contribution in [2.45, 2.75) is 297 Å². The number of hydrogen-bond donors (Lipinski definition) is 0. The first-order chi connectivity index (χ1) is 34.0. The molecule has 0 heterocycles. The lowest BCUT2D eigenvalue weighted by molar-refractivity contribution is -0.167. The van der Waals surface area contributed by atoms with Crippen LogP contribution in [0.2, 0.25) is 0 Å². The molecule has 0 aromatic heterocycles. The van der Waals surface area contributed by atoms with E-state index in [1.54, 1.807) is 0 Å². The van der Waals surface area contributed by atoms with Gasteiger partial charge in [-0.2, -0.15) is 0 Å². The highest BCUT2D eigenvalue weighted by atomic mass is 16.6. The Bertz CT molecular complexity index is 1290. The molecule has 0 bridgehead atoms. The van der Waals surface area contributed by atoms with Crippen LogP contribution in [0.3, 0.4) is 0 Å². The van der Waals surface area contributed by atoms with E-state index in [2.05, 4.69) is 93.7 Å². The lowest BCUT2D eigenvalue weighted by Gasteiger charge is -2.18. The molecule has 0 aromatic carbocycles. The van der Waals surface area contributed by atoms with Crippen molar-refractivity contribution in [3.63, 3.8) is 0 Å². The summed E-state index contributed by atoms with van der Waals surface area (Å²) in [5, 5.41) is 0. The summed E-state index contributed by atoms with van der Waals surface area (Å²) in [7, 11) is 0. The van der Waals surface area contributed by atoms with Crippen molar-refractivity contribution >= 4 is 17.9 Å². The normalized spacial score (nSPS) is 12.6. The quantitative estimate of drug-likeness (QED) is 0.0262. The maximum absolute atomic E-state index is 12.8. The van der Waals surface area contributed by atoms with E-state index in [9.17, 15) is 14.4 Å². The van der Waals surface area contributed by atoms with Crippen molar-refractivity contribution in [1.29, 1.82) is 0 Å². The summed E-state index contributed by atoms with van der Waals surface area (Å²) in [5.41, 5.74) is 0. The Hall–Kier alpha value is -3.15. The Morgan fingerprint density at radius 3 is 0.942 bits per heavy atom. The van der Waals surface area contributed by atoms with Crippen molar-refractivity contribution in [3.05, 3.63) is 72.9 Å². The highest BCUT2D eigenvalue weighted by molar-refractivity contribution is 5.71. The highest BCUT2D eigenvalue weighted by Crippen LogP contribution is 2.16. The van der Waals surface area contributed by atoms with Crippen molar-refractivity contribution in [2.75, 3.05) is 13.2 Å². The summed E-state index contributed by atoms with van der Waals surface area (Å²) in [6, 6.07) is 0. The summed E-state index contributed by atoms with van der Waals surface area (Å²) in [6.07, 6.45) is 73.3. The fourth-order valence-electron chi connectivity index (χ4n) is 8.30. The van der Waals surface area contributed by atoms with Gasteiger partial charge in [0.15, 0.2) is 6.10 Å². The van der Waals surface area contributed by atoms with Gasteiger partial charge in [0.2, 0.25) is 0 Å². The number of allylic oxidation sites excluding steroid dienone is 12. The van der Waals surface area contributed by atoms with Crippen LogP contribution in [0.5, 0.6) is 0 Å². The molecule has 0 N–H and O–H groups in total. The van der Waals surface area contributed by atoms with E-state index in [0.29, 0.717) is 19.3 Å².